The minimum Gasteiger partial charge on any atom is -0.475 e. The Hall–Kier alpha value is -1.36. The number of carboxylic acids is 1. The van der Waals surface area contributed by atoms with Crippen molar-refractivity contribution in [1.29, 1.82) is 0 Å². The Balaban J connectivity index is 2.24. The number of nitrogens with zero attached hydrogens (tertiary/aromatic N) is 1. The van der Waals surface area contributed by atoms with Crippen LogP contribution in [0, 0.1) is 0 Å². The van der Waals surface area contributed by atoms with E-state index in [0.29, 0.717) is 11.6 Å². The van der Waals surface area contributed by atoms with Gasteiger partial charge in [-0.3, -0.25) is 0 Å². The van der Waals surface area contributed by atoms with Crippen LogP contribution >= 0.6 is 0 Å². The minimum atomic E-state index is -1.09. The van der Waals surface area contributed by atoms with Gasteiger partial charge >= 0.3 is 5.97 Å². The van der Waals surface area contributed by atoms with Gasteiger partial charge in [-0.25, -0.2) is 9.78 Å². The normalized spacial score (nSPS) is 17.6. The first-order valence-corrected chi connectivity index (χ1v) is 5.65. The van der Waals surface area contributed by atoms with E-state index in [0.717, 1.165) is 25.7 Å². The van der Waals surface area contributed by atoms with Gasteiger partial charge in [-0.2, -0.15) is 0 Å². The van der Waals surface area contributed by atoms with Crippen LogP contribution in [0.5, 0.6) is 0 Å². The number of carboxylic acid groups (broad SMARTS) is 1. The molecule has 0 aliphatic heterocycles. The summed E-state index contributed by atoms with van der Waals surface area (Å²) < 4.78 is 5.32. The summed E-state index contributed by atoms with van der Waals surface area (Å²) in [6.45, 7) is 0.109. The smallest absolute Gasteiger partial charge is 0.373 e. The van der Waals surface area contributed by atoms with Gasteiger partial charge in [0.05, 0.1) is 0 Å². The molecule has 0 unspecified atom stereocenters. The first kappa shape index (κ1) is 11.1. The highest BCUT2D eigenvalue weighted by molar-refractivity contribution is 5.85. The van der Waals surface area contributed by atoms with Crippen molar-refractivity contribution >= 4 is 5.97 Å². The zero-order valence-electron chi connectivity index (χ0n) is 9.11. The van der Waals surface area contributed by atoms with Gasteiger partial charge in [0.25, 0.3) is 0 Å². The Morgan fingerprint density at radius 3 is 2.62 bits per heavy atom. The molecule has 16 heavy (non-hydrogen) atoms. The number of carbonyl (C=O) groups is 1. The lowest BCUT2D eigenvalue weighted by atomic mass is 9.89. The number of hydrogen-bond acceptors (Lipinski definition) is 4. The van der Waals surface area contributed by atoms with Gasteiger partial charge < -0.3 is 15.3 Å². The maximum Gasteiger partial charge on any atom is 0.373 e. The predicted octanol–water partition coefficient (Wildman–Crippen LogP) is 1.88. The number of aromatic nitrogens is 1. The van der Waals surface area contributed by atoms with Crippen LogP contribution in [0.2, 0.25) is 0 Å². The van der Waals surface area contributed by atoms with Gasteiger partial charge in [0.1, 0.15) is 5.69 Å². The fourth-order valence-corrected chi connectivity index (χ4v) is 2.20. The van der Waals surface area contributed by atoms with E-state index in [1.165, 1.54) is 6.42 Å². The van der Waals surface area contributed by atoms with Crippen molar-refractivity contribution in [3.8, 4) is 0 Å². The highest BCUT2D eigenvalue weighted by Crippen LogP contribution is 2.32. The summed E-state index contributed by atoms with van der Waals surface area (Å²) in [6, 6.07) is 0. The molecule has 88 valence electrons. The summed E-state index contributed by atoms with van der Waals surface area (Å²) >= 11 is 0. The minimum absolute atomic E-state index is 0.0944. The van der Waals surface area contributed by atoms with Crippen LogP contribution < -0.4 is 5.73 Å². The van der Waals surface area contributed by atoms with Gasteiger partial charge in [-0.1, -0.05) is 19.3 Å². The molecule has 1 heterocycles. The second-order valence-corrected chi connectivity index (χ2v) is 4.17. The van der Waals surface area contributed by atoms with Crippen LogP contribution in [-0.4, -0.2) is 16.1 Å². The molecule has 0 saturated heterocycles. The van der Waals surface area contributed by atoms with Crippen molar-refractivity contribution in [2.24, 2.45) is 5.73 Å². The number of rotatable bonds is 3. The molecular formula is C11H16N2O3. The van der Waals surface area contributed by atoms with E-state index in [1.54, 1.807) is 0 Å². The number of hydrogen-bond donors (Lipinski definition) is 2. The standard InChI is InChI=1S/C11H16N2O3/c12-6-8-9(11(14)15)16-10(13-8)7-4-2-1-3-5-7/h7H,1-6,12H2,(H,14,15). The third-order valence-electron chi connectivity index (χ3n) is 3.06. The van der Waals surface area contributed by atoms with Crippen molar-refractivity contribution in [2.45, 2.75) is 44.6 Å². The topological polar surface area (TPSA) is 89.4 Å². The van der Waals surface area contributed by atoms with E-state index < -0.39 is 5.97 Å². The fourth-order valence-electron chi connectivity index (χ4n) is 2.20. The van der Waals surface area contributed by atoms with Crippen LogP contribution in [0.3, 0.4) is 0 Å². The van der Waals surface area contributed by atoms with E-state index in [2.05, 4.69) is 4.98 Å². The highest BCUT2D eigenvalue weighted by Gasteiger charge is 2.25. The van der Waals surface area contributed by atoms with Gasteiger partial charge in [0.2, 0.25) is 5.76 Å². The van der Waals surface area contributed by atoms with Crippen molar-refractivity contribution in [3.63, 3.8) is 0 Å². The van der Waals surface area contributed by atoms with Crippen LogP contribution in [0.4, 0.5) is 0 Å². The molecule has 1 aromatic rings. The average molecular weight is 224 g/mol. The Labute approximate surface area is 93.7 Å². The lowest BCUT2D eigenvalue weighted by Crippen LogP contribution is -2.06. The van der Waals surface area contributed by atoms with Crippen molar-refractivity contribution in [2.75, 3.05) is 0 Å². The molecule has 0 atom stereocenters. The van der Waals surface area contributed by atoms with E-state index in [9.17, 15) is 4.79 Å². The van der Waals surface area contributed by atoms with Crippen LogP contribution in [0.1, 0.15) is 60.2 Å². The zero-order chi connectivity index (χ0) is 11.5. The van der Waals surface area contributed by atoms with Gasteiger partial charge in [0.15, 0.2) is 5.89 Å². The molecular weight excluding hydrogens is 208 g/mol. The average Bonchev–Trinajstić information content (AvgIpc) is 2.74. The fraction of sp³-hybridized carbons (Fsp3) is 0.636. The Morgan fingerprint density at radius 2 is 2.12 bits per heavy atom. The Kier molecular flexibility index (Phi) is 3.24. The second kappa shape index (κ2) is 4.65. The molecule has 1 fully saturated rings. The number of aromatic carboxylic acids is 1. The summed E-state index contributed by atoms with van der Waals surface area (Å²) in [6.07, 6.45) is 5.63. The quantitative estimate of drug-likeness (QED) is 0.818. The summed E-state index contributed by atoms with van der Waals surface area (Å²) in [5.41, 5.74) is 5.80. The maximum absolute atomic E-state index is 10.9. The molecule has 5 nitrogen and oxygen atoms in total. The van der Waals surface area contributed by atoms with Crippen molar-refractivity contribution in [3.05, 3.63) is 17.3 Å². The molecule has 3 N–H and O–H groups in total. The highest BCUT2D eigenvalue weighted by atomic mass is 16.4. The summed E-state index contributed by atoms with van der Waals surface area (Å²) in [5.74, 6) is -0.359. The van der Waals surface area contributed by atoms with E-state index >= 15 is 0 Å². The SMILES string of the molecule is NCc1nc(C2CCCCC2)oc1C(=O)O. The summed E-state index contributed by atoms with van der Waals surface area (Å²) in [7, 11) is 0. The third-order valence-corrected chi connectivity index (χ3v) is 3.06. The van der Waals surface area contributed by atoms with E-state index in [4.69, 9.17) is 15.3 Å². The molecule has 1 aromatic heterocycles. The zero-order valence-corrected chi connectivity index (χ0v) is 9.11. The Morgan fingerprint density at radius 1 is 1.44 bits per heavy atom. The van der Waals surface area contributed by atoms with Gasteiger partial charge in [-0.05, 0) is 12.8 Å². The van der Waals surface area contributed by atoms with Gasteiger partial charge in [-0.15, -0.1) is 0 Å². The molecule has 0 bridgehead atoms. The van der Waals surface area contributed by atoms with Crippen LogP contribution in [-0.2, 0) is 6.54 Å². The lowest BCUT2D eigenvalue weighted by Gasteiger charge is -2.17. The first-order valence-electron chi connectivity index (χ1n) is 5.65. The van der Waals surface area contributed by atoms with Crippen molar-refractivity contribution < 1.29 is 14.3 Å². The molecule has 0 spiro atoms. The van der Waals surface area contributed by atoms with Gasteiger partial charge in [0, 0.05) is 12.5 Å². The first-order chi connectivity index (χ1) is 7.72. The molecule has 5 heteroatoms. The molecule has 1 saturated carbocycles. The number of nitrogens with two attached hydrogens (primary N) is 1. The maximum atomic E-state index is 10.9. The molecule has 0 amide bonds. The third kappa shape index (κ3) is 2.09. The lowest BCUT2D eigenvalue weighted by molar-refractivity contribution is 0.0657. The molecule has 0 aromatic carbocycles. The Bertz CT molecular complexity index is 381. The van der Waals surface area contributed by atoms with E-state index in [1.807, 2.05) is 0 Å². The second-order valence-electron chi connectivity index (χ2n) is 4.17. The molecule has 1 aliphatic rings. The predicted molar refractivity (Wildman–Crippen MR) is 57.2 cm³/mol. The van der Waals surface area contributed by atoms with E-state index in [-0.39, 0.29) is 18.2 Å². The summed E-state index contributed by atoms with van der Waals surface area (Å²) in [4.78, 5) is 15.1. The molecule has 2 rings (SSSR count). The molecule has 1 aliphatic carbocycles. The summed E-state index contributed by atoms with van der Waals surface area (Å²) in [5, 5.41) is 8.92. The number of oxazole rings is 1. The largest absolute Gasteiger partial charge is 0.475 e. The van der Waals surface area contributed by atoms with Crippen LogP contribution in [0.25, 0.3) is 0 Å². The van der Waals surface area contributed by atoms with Crippen LogP contribution in [0.15, 0.2) is 4.42 Å². The molecule has 0 radical (unpaired) electrons. The monoisotopic (exact) mass is 224 g/mol. The van der Waals surface area contributed by atoms with Crippen molar-refractivity contribution in [1.82, 2.24) is 4.98 Å².